The minimum absolute atomic E-state index is 0.480. The highest BCUT2D eigenvalue weighted by Crippen LogP contribution is 2.20. The molecule has 0 saturated heterocycles. The average Bonchev–Trinajstić information content (AvgIpc) is 2.49. The zero-order valence-corrected chi connectivity index (χ0v) is 11.3. The second-order valence-corrected chi connectivity index (χ2v) is 4.88. The molecule has 0 bridgehead atoms. The van der Waals surface area contributed by atoms with Gasteiger partial charge in [0, 0.05) is 6.42 Å². The van der Waals surface area contributed by atoms with Gasteiger partial charge in [-0.05, 0) is 24.6 Å². The van der Waals surface area contributed by atoms with E-state index in [0.29, 0.717) is 6.42 Å². The van der Waals surface area contributed by atoms with Gasteiger partial charge in [0.2, 0.25) is 0 Å². The van der Waals surface area contributed by atoms with E-state index in [4.69, 9.17) is 0 Å². The molecule has 3 nitrogen and oxygen atoms in total. The number of hydrogen-bond acceptors (Lipinski definition) is 3. The van der Waals surface area contributed by atoms with Crippen molar-refractivity contribution in [3.05, 3.63) is 71.5 Å². The van der Waals surface area contributed by atoms with Crippen LogP contribution in [0.3, 0.4) is 0 Å². The summed E-state index contributed by atoms with van der Waals surface area (Å²) in [6.07, 6.45) is -0.0707. The summed E-state index contributed by atoms with van der Waals surface area (Å²) in [5.74, 6) is 0. The lowest BCUT2D eigenvalue weighted by Gasteiger charge is -2.12. The van der Waals surface area contributed by atoms with Crippen molar-refractivity contribution in [1.29, 1.82) is 0 Å². The first-order chi connectivity index (χ1) is 9.74. The summed E-state index contributed by atoms with van der Waals surface area (Å²) in [5.41, 5.74) is 4.39. The molecular formula is C17H16N2O. The number of aryl methyl sites for hydroxylation is 1. The Labute approximate surface area is 117 Å². The largest absolute Gasteiger partial charge is 0.388 e. The van der Waals surface area contributed by atoms with Crippen molar-refractivity contribution in [3.8, 4) is 0 Å². The monoisotopic (exact) mass is 264 g/mol. The van der Waals surface area contributed by atoms with E-state index in [1.54, 1.807) is 0 Å². The Balaban J connectivity index is 1.92. The second-order valence-electron chi connectivity index (χ2n) is 4.88. The molecule has 0 fully saturated rings. The number of nitrogens with zero attached hydrogens (tertiary/aromatic N) is 2. The molecule has 2 aromatic carbocycles. The third-order valence-electron chi connectivity index (χ3n) is 3.41. The Hall–Kier alpha value is -2.26. The molecule has 100 valence electrons. The normalized spacial score (nSPS) is 12.5. The third kappa shape index (κ3) is 2.53. The zero-order chi connectivity index (χ0) is 13.9. The van der Waals surface area contributed by atoms with Gasteiger partial charge >= 0.3 is 0 Å². The minimum atomic E-state index is -0.551. The quantitative estimate of drug-likeness (QED) is 0.790. The fraction of sp³-hybridized carbons (Fsp3) is 0.176. The van der Waals surface area contributed by atoms with Gasteiger partial charge in [0.15, 0.2) is 0 Å². The van der Waals surface area contributed by atoms with Crippen LogP contribution in [0.4, 0.5) is 0 Å². The maximum absolute atomic E-state index is 10.3. The van der Waals surface area contributed by atoms with E-state index in [0.717, 1.165) is 28.0 Å². The Bertz CT molecular complexity index is 725. The fourth-order valence-electron chi connectivity index (χ4n) is 2.29. The number of aliphatic hydroxyl groups is 1. The molecule has 3 rings (SSSR count). The van der Waals surface area contributed by atoms with Crippen molar-refractivity contribution in [3.63, 3.8) is 0 Å². The maximum Gasteiger partial charge on any atom is 0.0890 e. The highest BCUT2D eigenvalue weighted by Gasteiger charge is 2.12. The van der Waals surface area contributed by atoms with E-state index in [1.165, 1.54) is 0 Å². The number of para-hydroxylation sites is 2. The van der Waals surface area contributed by atoms with Crippen molar-refractivity contribution in [2.75, 3.05) is 0 Å². The molecule has 3 aromatic rings. The predicted octanol–water partition coefficient (Wildman–Crippen LogP) is 3.21. The summed E-state index contributed by atoms with van der Waals surface area (Å²) in [6, 6.07) is 17.4. The molecule has 0 radical (unpaired) electrons. The first kappa shape index (κ1) is 12.8. The Morgan fingerprint density at radius 3 is 2.20 bits per heavy atom. The van der Waals surface area contributed by atoms with Gasteiger partial charge in [-0.3, -0.25) is 0 Å². The van der Waals surface area contributed by atoms with E-state index in [-0.39, 0.29) is 0 Å². The summed E-state index contributed by atoms with van der Waals surface area (Å²) < 4.78 is 0. The topological polar surface area (TPSA) is 46.0 Å². The van der Waals surface area contributed by atoms with Gasteiger partial charge in [0.05, 0.1) is 28.5 Å². The van der Waals surface area contributed by atoms with Crippen LogP contribution in [-0.2, 0) is 6.42 Å². The third-order valence-corrected chi connectivity index (χ3v) is 3.41. The van der Waals surface area contributed by atoms with E-state index in [2.05, 4.69) is 9.97 Å². The summed E-state index contributed by atoms with van der Waals surface area (Å²) in [5, 5.41) is 10.3. The molecule has 0 spiro atoms. The van der Waals surface area contributed by atoms with Crippen LogP contribution in [0.1, 0.15) is 23.1 Å². The van der Waals surface area contributed by atoms with Gasteiger partial charge < -0.3 is 5.11 Å². The molecule has 0 saturated carbocycles. The van der Waals surface area contributed by atoms with E-state index in [9.17, 15) is 5.11 Å². The van der Waals surface area contributed by atoms with Crippen LogP contribution >= 0.6 is 0 Å². The van der Waals surface area contributed by atoms with Gasteiger partial charge in [-0.2, -0.15) is 0 Å². The zero-order valence-electron chi connectivity index (χ0n) is 11.3. The van der Waals surface area contributed by atoms with E-state index in [1.807, 2.05) is 61.5 Å². The lowest BCUT2D eigenvalue weighted by Crippen LogP contribution is -2.06. The van der Waals surface area contributed by atoms with Crippen LogP contribution in [0.5, 0.6) is 0 Å². The average molecular weight is 264 g/mol. The fourth-order valence-corrected chi connectivity index (χ4v) is 2.29. The Kier molecular flexibility index (Phi) is 3.44. The molecule has 0 amide bonds. The van der Waals surface area contributed by atoms with Gasteiger partial charge in [-0.25, -0.2) is 9.97 Å². The highest BCUT2D eigenvalue weighted by atomic mass is 16.3. The first-order valence-corrected chi connectivity index (χ1v) is 6.69. The lowest BCUT2D eigenvalue weighted by molar-refractivity contribution is 0.177. The molecule has 0 aliphatic carbocycles. The summed E-state index contributed by atoms with van der Waals surface area (Å²) in [6.45, 7) is 1.94. The van der Waals surface area contributed by atoms with Gasteiger partial charge in [0.25, 0.3) is 0 Å². The van der Waals surface area contributed by atoms with Gasteiger partial charge in [-0.15, -0.1) is 0 Å². The molecule has 0 aliphatic heterocycles. The SMILES string of the molecule is Cc1nc2ccccc2nc1CC(O)c1ccccc1. The molecule has 0 aliphatic rings. The summed E-state index contributed by atoms with van der Waals surface area (Å²) in [7, 11) is 0. The van der Waals surface area contributed by atoms with Crippen molar-refractivity contribution < 1.29 is 5.11 Å². The number of aromatic nitrogens is 2. The standard InChI is InChI=1S/C17H16N2O/c1-12-16(11-17(20)13-7-3-2-4-8-13)19-15-10-6-5-9-14(15)18-12/h2-10,17,20H,11H2,1H3. The number of rotatable bonds is 3. The molecule has 3 heteroatoms. The van der Waals surface area contributed by atoms with Gasteiger partial charge in [-0.1, -0.05) is 42.5 Å². The van der Waals surface area contributed by atoms with Crippen LogP contribution in [0.2, 0.25) is 0 Å². The van der Waals surface area contributed by atoms with Crippen molar-refractivity contribution in [2.24, 2.45) is 0 Å². The molecule has 1 aromatic heterocycles. The molecule has 20 heavy (non-hydrogen) atoms. The Morgan fingerprint density at radius 2 is 1.50 bits per heavy atom. The smallest absolute Gasteiger partial charge is 0.0890 e. The Morgan fingerprint density at radius 1 is 0.900 bits per heavy atom. The summed E-state index contributed by atoms with van der Waals surface area (Å²) >= 11 is 0. The van der Waals surface area contributed by atoms with Gasteiger partial charge in [0.1, 0.15) is 0 Å². The van der Waals surface area contributed by atoms with Crippen LogP contribution in [0.25, 0.3) is 11.0 Å². The van der Waals surface area contributed by atoms with Crippen LogP contribution in [-0.4, -0.2) is 15.1 Å². The molecule has 1 atom stereocenters. The van der Waals surface area contributed by atoms with Crippen LogP contribution in [0, 0.1) is 6.92 Å². The minimum Gasteiger partial charge on any atom is -0.388 e. The molecule has 1 N–H and O–H groups in total. The predicted molar refractivity (Wildman–Crippen MR) is 79.4 cm³/mol. The van der Waals surface area contributed by atoms with Crippen LogP contribution < -0.4 is 0 Å². The van der Waals surface area contributed by atoms with E-state index < -0.39 is 6.10 Å². The van der Waals surface area contributed by atoms with Crippen LogP contribution in [0.15, 0.2) is 54.6 Å². The lowest BCUT2D eigenvalue weighted by atomic mass is 10.0. The maximum atomic E-state index is 10.3. The molecule has 1 unspecified atom stereocenters. The molecular weight excluding hydrogens is 248 g/mol. The first-order valence-electron chi connectivity index (χ1n) is 6.69. The number of aliphatic hydroxyl groups excluding tert-OH is 1. The number of fused-ring (bicyclic) bond motifs is 1. The van der Waals surface area contributed by atoms with Crippen molar-refractivity contribution in [2.45, 2.75) is 19.4 Å². The number of benzene rings is 2. The highest BCUT2D eigenvalue weighted by molar-refractivity contribution is 5.74. The van der Waals surface area contributed by atoms with Crippen molar-refractivity contribution >= 4 is 11.0 Å². The summed E-state index contributed by atoms with van der Waals surface area (Å²) in [4.78, 5) is 9.17. The second kappa shape index (κ2) is 5.39. The number of hydrogen-bond donors (Lipinski definition) is 1. The molecule has 1 heterocycles. The van der Waals surface area contributed by atoms with Crippen molar-refractivity contribution in [1.82, 2.24) is 9.97 Å². The van der Waals surface area contributed by atoms with E-state index >= 15 is 0 Å².